The van der Waals surface area contributed by atoms with Crippen LogP contribution in [0.4, 0.5) is 24.5 Å². The number of aromatic nitrogens is 1. The average Bonchev–Trinajstić information content (AvgIpc) is 3.19. The summed E-state index contributed by atoms with van der Waals surface area (Å²) >= 11 is 0. The van der Waals surface area contributed by atoms with E-state index in [1.807, 2.05) is 6.07 Å². The minimum Gasteiger partial charge on any atom is -0.495 e. The summed E-state index contributed by atoms with van der Waals surface area (Å²) in [7, 11) is 3.53. The zero-order valence-electron chi connectivity index (χ0n) is 20.8. The highest BCUT2D eigenvalue weighted by Gasteiger charge is 2.30. The Balaban J connectivity index is 1.58. The number of anilines is 2. The van der Waals surface area contributed by atoms with E-state index in [4.69, 9.17) is 4.74 Å². The number of ether oxygens (including phenoxy) is 1. The van der Waals surface area contributed by atoms with Crippen molar-refractivity contribution in [2.45, 2.75) is 37.9 Å². The number of alkyl halides is 3. The number of nitrogens with zero attached hydrogens (tertiary/aromatic N) is 2. The summed E-state index contributed by atoms with van der Waals surface area (Å²) in [6.07, 6.45) is -4.09. The molecule has 4 N–H and O–H groups in total. The summed E-state index contributed by atoms with van der Waals surface area (Å²) in [5.41, 5.74) is 2.41. The lowest BCUT2D eigenvalue weighted by atomic mass is 10.0. The van der Waals surface area contributed by atoms with E-state index in [1.165, 1.54) is 23.8 Å². The van der Waals surface area contributed by atoms with Crippen LogP contribution >= 0.6 is 0 Å². The molecule has 7 nitrogen and oxygen atoms in total. The molecule has 0 saturated carbocycles. The molecule has 0 bridgehead atoms. The number of halogens is 3. The van der Waals surface area contributed by atoms with E-state index >= 15 is 0 Å². The summed E-state index contributed by atoms with van der Waals surface area (Å²) in [5, 5.41) is 26.0. The molecular formula is C27H31F3N4O3. The van der Waals surface area contributed by atoms with Crippen molar-refractivity contribution >= 4 is 22.3 Å². The number of piperidine rings is 1. The molecule has 0 atom stereocenters. The largest absolute Gasteiger partial charge is 0.495 e. The second-order valence-electron chi connectivity index (χ2n) is 9.18. The molecule has 0 amide bonds. The lowest BCUT2D eigenvalue weighted by Gasteiger charge is -2.30. The van der Waals surface area contributed by atoms with Crippen LogP contribution in [0.15, 0.2) is 42.5 Å². The Kier molecular flexibility index (Phi) is 8.17. The highest BCUT2D eigenvalue weighted by Crippen LogP contribution is 2.31. The number of likely N-dealkylation sites (tertiary alicyclic amines) is 1. The summed E-state index contributed by atoms with van der Waals surface area (Å²) in [4.78, 5) is 2.26. The maximum atomic E-state index is 13.5. The SMILES string of the molecule is COc1cc(C(O)O)ccc1NCC#Cc1cc2c(NC3CCN(C)CC3)cccc2n1CC(F)(F)F. The Morgan fingerprint density at radius 3 is 2.54 bits per heavy atom. The van der Waals surface area contributed by atoms with Gasteiger partial charge in [-0.3, -0.25) is 0 Å². The molecule has 1 aromatic heterocycles. The van der Waals surface area contributed by atoms with Gasteiger partial charge in [0.05, 0.1) is 30.6 Å². The van der Waals surface area contributed by atoms with Gasteiger partial charge in [0.25, 0.3) is 0 Å². The Labute approximate surface area is 213 Å². The number of aliphatic hydroxyl groups is 2. The van der Waals surface area contributed by atoms with E-state index in [0.717, 1.165) is 31.6 Å². The molecule has 4 rings (SSSR count). The van der Waals surface area contributed by atoms with Crippen molar-refractivity contribution in [1.82, 2.24) is 9.47 Å². The molecule has 0 radical (unpaired) electrons. The summed E-state index contributed by atoms with van der Waals surface area (Å²) in [6, 6.07) is 12.0. The monoisotopic (exact) mass is 516 g/mol. The first-order chi connectivity index (χ1) is 17.6. The molecular weight excluding hydrogens is 485 g/mol. The second-order valence-corrected chi connectivity index (χ2v) is 9.18. The molecule has 1 aliphatic rings. The highest BCUT2D eigenvalue weighted by molar-refractivity contribution is 5.94. The molecule has 1 aliphatic heterocycles. The molecule has 198 valence electrons. The van der Waals surface area contributed by atoms with Crippen molar-refractivity contribution in [3.63, 3.8) is 0 Å². The number of benzene rings is 2. The molecule has 2 heterocycles. The van der Waals surface area contributed by atoms with Crippen LogP contribution in [0.2, 0.25) is 0 Å². The minimum absolute atomic E-state index is 0.144. The van der Waals surface area contributed by atoms with Crippen molar-refractivity contribution in [3.8, 4) is 17.6 Å². The Hall–Kier alpha value is -3.39. The number of aliphatic hydroxyl groups excluding tert-OH is 1. The van der Waals surface area contributed by atoms with Gasteiger partial charge in [0.15, 0.2) is 6.29 Å². The second kappa shape index (κ2) is 11.3. The van der Waals surface area contributed by atoms with Crippen LogP contribution in [0.5, 0.6) is 5.75 Å². The van der Waals surface area contributed by atoms with E-state index in [0.29, 0.717) is 22.3 Å². The van der Waals surface area contributed by atoms with E-state index < -0.39 is 19.0 Å². The summed E-state index contributed by atoms with van der Waals surface area (Å²) in [5.74, 6) is 6.19. The number of nitrogens with one attached hydrogen (secondary N) is 2. The van der Waals surface area contributed by atoms with Gasteiger partial charge in [-0.15, -0.1) is 0 Å². The first kappa shape index (κ1) is 26.7. The zero-order chi connectivity index (χ0) is 26.6. The van der Waals surface area contributed by atoms with Gasteiger partial charge < -0.3 is 35.1 Å². The number of fused-ring (bicyclic) bond motifs is 1. The Bertz CT molecular complexity index is 1290. The molecule has 10 heteroatoms. The standard InChI is InChI=1S/C27H31F3N4O3/c1-33-13-10-19(11-14-33)32-22-6-3-7-24-21(22)16-20(34(24)17-27(28,29)30)5-4-12-31-23-9-8-18(26(35)36)15-25(23)37-2/h3,6-9,15-16,19,26,31-32,35-36H,10-14,17H2,1-2H3. The smallest absolute Gasteiger partial charge is 0.406 e. The lowest BCUT2D eigenvalue weighted by molar-refractivity contribution is -0.140. The summed E-state index contributed by atoms with van der Waals surface area (Å²) in [6.45, 7) is 0.955. The molecule has 0 aliphatic carbocycles. The Morgan fingerprint density at radius 2 is 1.86 bits per heavy atom. The third-order valence-electron chi connectivity index (χ3n) is 6.47. The van der Waals surface area contributed by atoms with Crippen molar-refractivity contribution in [2.75, 3.05) is 44.4 Å². The van der Waals surface area contributed by atoms with Gasteiger partial charge in [-0.25, -0.2) is 0 Å². The lowest BCUT2D eigenvalue weighted by Crippen LogP contribution is -2.36. The van der Waals surface area contributed by atoms with Gasteiger partial charge in [-0.05, 0) is 69.2 Å². The molecule has 3 aromatic rings. The first-order valence-electron chi connectivity index (χ1n) is 12.1. The first-order valence-corrected chi connectivity index (χ1v) is 12.1. The van der Waals surface area contributed by atoms with E-state index in [9.17, 15) is 23.4 Å². The van der Waals surface area contributed by atoms with Gasteiger partial charge in [-0.1, -0.05) is 18.1 Å². The topological polar surface area (TPSA) is 81.9 Å². The fraction of sp³-hybridized carbons (Fsp3) is 0.407. The van der Waals surface area contributed by atoms with Crippen LogP contribution in [-0.2, 0) is 6.54 Å². The van der Waals surface area contributed by atoms with Gasteiger partial charge >= 0.3 is 6.18 Å². The van der Waals surface area contributed by atoms with E-state index in [1.54, 1.807) is 24.3 Å². The molecule has 0 spiro atoms. The van der Waals surface area contributed by atoms with Gasteiger partial charge in [0.1, 0.15) is 12.3 Å². The average molecular weight is 517 g/mol. The maximum Gasteiger partial charge on any atom is 0.406 e. The molecule has 2 aromatic carbocycles. The third kappa shape index (κ3) is 6.68. The zero-order valence-corrected chi connectivity index (χ0v) is 20.8. The normalized spacial score (nSPS) is 15.0. The predicted octanol–water partition coefficient (Wildman–Crippen LogP) is 4.17. The fourth-order valence-electron chi connectivity index (χ4n) is 4.53. The predicted molar refractivity (Wildman–Crippen MR) is 138 cm³/mol. The maximum absolute atomic E-state index is 13.5. The molecule has 37 heavy (non-hydrogen) atoms. The molecule has 0 unspecified atom stereocenters. The molecule has 1 saturated heterocycles. The van der Waals surface area contributed by atoms with Gasteiger partial charge in [0, 0.05) is 22.7 Å². The number of rotatable bonds is 7. The van der Waals surface area contributed by atoms with Crippen LogP contribution in [0, 0.1) is 11.8 Å². The van der Waals surface area contributed by atoms with E-state index in [-0.39, 0.29) is 23.8 Å². The highest BCUT2D eigenvalue weighted by atomic mass is 19.4. The van der Waals surface area contributed by atoms with Crippen molar-refractivity contribution in [2.24, 2.45) is 0 Å². The number of methoxy groups -OCH3 is 1. The Morgan fingerprint density at radius 1 is 1.11 bits per heavy atom. The van der Waals surface area contributed by atoms with Crippen LogP contribution in [-0.4, -0.2) is 65.7 Å². The van der Waals surface area contributed by atoms with Crippen molar-refractivity contribution in [3.05, 3.63) is 53.7 Å². The van der Waals surface area contributed by atoms with Gasteiger partial charge in [0.2, 0.25) is 0 Å². The van der Waals surface area contributed by atoms with Crippen LogP contribution < -0.4 is 15.4 Å². The number of hydrogen-bond acceptors (Lipinski definition) is 6. The van der Waals surface area contributed by atoms with Gasteiger partial charge in [-0.2, -0.15) is 13.2 Å². The third-order valence-corrected chi connectivity index (χ3v) is 6.47. The van der Waals surface area contributed by atoms with Crippen molar-refractivity contribution in [1.29, 1.82) is 0 Å². The fourth-order valence-corrected chi connectivity index (χ4v) is 4.53. The minimum atomic E-state index is -4.40. The summed E-state index contributed by atoms with van der Waals surface area (Å²) < 4.78 is 46.9. The van der Waals surface area contributed by atoms with E-state index in [2.05, 4.69) is 34.4 Å². The quantitative estimate of drug-likeness (QED) is 0.279. The number of hydrogen-bond donors (Lipinski definition) is 4. The molecule has 1 fully saturated rings. The van der Waals surface area contributed by atoms with Crippen LogP contribution in [0.3, 0.4) is 0 Å². The van der Waals surface area contributed by atoms with Crippen LogP contribution in [0.1, 0.15) is 30.4 Å². The van der Waals surface area contributed by atoms with Crippen LogP contribution in [0.25, 0.3) is 10.9 Å². The van der Waals surface area contributed by atoms with Crippen molar-refractivity contribution < 1.29 is 28.1 Å².